The lowest BCUT2D eigenvalue weighted by atomic mass is 10.1. The van der Waals surface area contributed by atoms with Gasteiger partial charge in [0.15, 0.2) is 10.8 Å². The van der Waals surface area contributed by atoms with E-state index in [1.807, 2.05) is 17.7 Å². The van der Waals surface area contributed by atoms with Crippen LogP contribution in [0, 0.1) is 0 Å². The van der Waals surface area contributed by atoms with Gasteiger partial charge in [-0.05, 0) is 42.0 Å². The Morgan fingerprint density at radius 3 is 2.76 bits per heavy atom. The molecule has 7 nitrogen and oxygen atoms in total. The second kappa shape index (κ2) is 10.1. The van der Waals surface area contributed by atoms with Gasteiger partial charge in [-0.15, -0.1) is 21.5 Å². The summed E-state index contributed by atoms with van der Waals surface area (Å²) in [6.45, 7) is 0. The van der Waals surface area contributed by atoms with Crippen LogP contribution in [-0.2, 0) is 24.4 Å². The van der Waals surface area contributed by atoms with E-state index in [1.54, 1.807) is 12.1 Å². The first-order chi connectivity index (χ1) is 17.6. The van der Waals surface area contributed by atoms with Crippen LogP contribution in [0.5, 0.6) is 0 Å². The molecular formula is C23H15Cl2F3N6OS2. The van der Waals surface area contributed by atoms with Crippen molar-refractivity contribution in [2.24, 2.45) is 7.05 Å². The number of hydrogen-bond donors (Lipinski definition) is 1. The van der Waals surface area contributed by atoms with Crippen molar-refractivity contribution in [1.82, 2.24) is 24.7 Å². The number of rotatable bonds is 6. The lowest BCUT2D eigenvalue weighted by Gasteiger charge is -2.09. The Hall–Kier alpha value is -2.93. The molecule has 1 N–H and O–H groups in total. The predicted octanol–water partition coefficient (Wildman–Crippen LogP) is 6.62. The number of amides is 1. The average molecular weight is 583 g/mol. The maximum Gasteiger partial charge on any atom is 0.416 e. The maximum atomic E-state index is 13.0. The highest BCUT2D eigenvalue weighted by atomic mass is 35.5. The number of thiazole rings is 1. The molecular weight excluding hydrogens is 568 g/mol. The summed E-state index contributed by atoms with van der Waals surface area (Å²) in [6, 6.07) is 8.65. The Labute approximate surface area is 226 Å². The van der Waals surface area contributed by atoms with Gasteiger partial charge in [0.25, 0.3) is 0 Å². The van der Waals surface area contributed by atoms with Crippen molar-refractivity contribution in [3.8, 4) is 0 Å². The molecule has 0 spiro atoms. The number of thioether (sulfide) groups is 1. The van der Waals surface area contributed by atoms with Crippen LogP contribution in [0.25, 0.3) is 22.1 Å². The molecule has 5 aromatic rings. The van der Waals surface area contributed by atoms with Crippen molar-refractivity contribution in [1.29, 1.82) is 0 Å². The molecule has 3 aromatic heterocycles. The van der Waals surface area contributed by atoms with Crippen molar-refractivity contribution < 1.29 is 18.0 Å². The molecule has 0 aliphatic heterocycles. The van der Waals surface area contributed by atoms with E-state index >= 15 is 0 Å². The van der Waals surface area contributed by atoms with E-state index in [0.29, 0.717) is 36.9 Å². The first kappa shape index (κ1) is 25.7. The number of carbonyl (C=O) groups is 1. The third-order valence-corrected chi connectivity index (χ3v) is 7.77. The van der Waals surface area contributed by atoms with E-state index in [1.165, 1.54) is 12.3 Å². The number of anilines is 1. The minimum Gasteiger partial charge on any atom is -0.327 e. The van der Waals surface area contributed by atoms with Crippen LogP contribution < -0.4 is 5.32 Å². The Morgan fingerprint density at radius 2 is 1.97 bits per heavy atom. The topological polar surface area (TPSA) is 85.6 Å². The number of nitrogens with zero attached hydrogens (tertiary/aromatic N) is 5. The molecule has 0 aliphatic carbocycles. The summed E-state index contributed by atoms with van der Waals surface area (Å²) >= 11 is 14.5. The molecule has 0 bridgehead atoms. The van der Waals surface area contributed by atoms with Crippen LogP contribution >= 0.6 is 46.3 Å². The summed E-state index contributed by atoms with van der Waals surface area (Å²) in [4.78, 5) is 21.8. The summed E-state index contributed by atoms with van der Waals surface area (Å²) in [5.41, 5.74) is 1.69. The van der Waals surface area contributed by atoms with Gasteiger partial charge in [0.2, 0.25) is 11.1 Å². The van der Waals surface area contributed by atoms with E-state index in [4.69, 9.17) is 23.2 Å². The van der Waals surface area contributed by atoms with Crippen LogP contribution in [0.3, 0.4) is 0 Å². The standard InChI is InChI=1S/C23H15Cl2F3N6OS2/c1-34-17-5-3-13(24)8-15(17)19-20(34)31-22(33-32-19)36-10-18(35)30-21-29-9-14(37-21)7-11-6-12(23(26,27)28)2-4-16(11)25/h2-6,8-9H,7,10H2,1H3,(H,29,30,35). The highest BCUT2D eigenvalue weighted by molar-refractivity contribution is 7.99. The molecule has 37 heavy (non-hydrogen) atoms. The number of fused-ring (bicyclic) bond motifs is 3. The first-order valence-electron chi connectivity index (χ1n) is 10.6. The number of alkyl halides is 3. The van der Waals surface area contributed by atoms with Crippen LogP contribution in [0.2, 0.25) is 10.0 Å². The molecule has 14 heteroatoms. The molecule has 0 fully saturated rings. The molecule has 1 amide bonds. The fourth-order valence-electron chi connectivity index (χ4n) is 3.68. The fourth-order valence-corrected chi connectivity index (χ4v) is 5.47. The molecule has 0 atom stereocenters. The molecule has 3 heterocycles. The zero-order valence-electron chi connectivity index (χ0n) is 18.8. The third-order valence-electron chi connectivity index (χ3n) is 5.41. The highest BCUT2D eigenvalue weighted by Gasteiger charge is 2.31. The van der Waals surface area contributed by atoms with Crippen LogP contribution in [0.15, 0.2) is 47.8 Å². The largest absolute Gasteiger partial charge is 0.416 e. The summed E-state index contributed by atoms with van der Waals surface area (Å²) in [5, 5.41) is 13.4. The number of nitrogens with one attached hydrogen (secondary N) is 1. The molecule has 2 aromatic carbocycles. The Kier molecular flexibility index (Phi) is 7.01. The monoisotopic (exact) mass is 582 g/mol. The van der Waals surface area contributed by atoms with Gasteiger partial charge in [-0.1, -0.05) is 35.0 Å². The van der Waals surface area contributed by atoms with E-state index in [9.17, 15) is 18.0 Å². The minimum atomic E-state index is -4.46. The molecule has 0 saturated carbocycles. The van der Waals surface area contributed by atoms with Gasteiger partial charge in [-0.25, -0.2) is 9.97 Å². The quantitative estimate of drug-likeness (QED) is 0.226. The Balaban J connectivity index is 1.23. The number of aromatic nitrogens is 5. The SMILES string of the molecule is Cn1c2ccc(Cl)cc2c2nnc(SCC(=O)Nc3ncc(Cc4cc(C(F)(F)F)ccc4Cl)s3)nc21. The summed E-state index contributed by atoms with van der Waals surface area (Å²) in [7, 11) is 1.86. The van der Waals surface area contributed by atoms with Crippen molar-refractivity contribution in [3.63, 3.8) is 0 Å². The van der Waals surface area contributed by atoms with Gasteiger partial charge in [0.1, 0.15) is 5.52 Å². The fraction of sp³-hybridized carbons (Fsp3) is 0.174. The number of aryl methyl sites for hydroxylation is 1. The second-order valence-corrected chi connectivity index (χ2v) is 10.8. The molecule has 0 radical (unpaired) electrons. The average Bonchev–Trinajstić information content (AvgIpc) is 3.40. The van der Waals surface area contributed by atoms with Crippen LogP contribution in [0.1, 0.15) is 16.0 Å². The van der Waals surface area contributed by atoms with Crippen LogP contribution in [-0.4, -0.2) is 36.4 Å². The van der Waals surface area contributed by atoms with Gasteiger partial charge in [0.05, 0.1) is 16.8 Å². The zero-order chi connectivity index (χ0) is 26.3. The van der Waals surface area contributed by atoms with E-state index in [2.05, 4.69) is 25.5 Å². The number of benzene rings is 2. The lowest BCUT2D eigenvalue weighted by molar-refractivity contribution is -0.137. The van der Waals surface area contributed by atoms with Gasteiger partial charge in [0, 0.05) is 40.0 Å². The smallest absolute Gasteiger partial charge is 0.327 e. The van der Waals surface area contributed by atoms with E-state index in [0.717, 1.165) is 46.1 Å². The molecule has 0 aliphatic rings. The Morgan fingerprint density at radius 1 is 1.16 bits per heavy atom. The maximum absolute atomic E-state index is 13.0. The molecule has 190 valence electrons. The lowest BCUT2D eigenvalue weighted by Crippen LogP contribution is -2.14. The zero-order valence-corrected chi connectivity index (χ0v) is 22.0. The van der Waals surface area contributed by atoms with Gasteiger partial charge < -0.3 is 9.88 Å². The number of carbonyl (C=O) groups excluding carboxylic acids is 1. The normalized spacial score (nSPS) is 11.9. The first-order valence-corrected chi connectivity index (χ1v) is 13.2. The highest BCUT2D eigenvalue weighted by Crippen LogP contribution is 2.33. The van der Waals surface area contributed by atoms with Crippen molar-refractivity contribution in [2.45, 2.75) is 17.8 Å². The molecule has 0 saturated heterocycles. The van der Waals surface area contributed by atoms with Crippen molar-refractivity contribution in [3.05, 3.63) is 68.6 Å². The van der Waals surface area contributed by atoms with Crippen molar-refractivity contribution in [2.75, 3.05) is 11.1 Å². The Bertz CT molecular complexity index is 1650. The van der Waals surface area contributed by atoms with Gasteiger partial charge in [-0.2, -0.15) is 13.2 Å². The van der Waals surface area contributed by atoms with Crippen molar-refractivity contribution >= 4 is 79.4 Å². The number of halogens is 5. The van der Waals surface area contributed by atoms with E-state index in [-0.39, 0.29) is 23.1 Å². The van der Waals surface area contributed by atoms with Crippen LogP contribution in [0.4, 0.5) is 18.3 Å². The summed E-state index contributed by atoms with van der Waals surface area (Å²) in [6.07, 6.45) is -2.81. The molecule has 0 unspecified atom stereocenters. The molecule has 5 rings (SSSR count). The number of hydrogen-bond acceptors (Lipinski definition) is 7. The second-order valence-electron chi connectivity index (χ2n) is 7.94. The minimum absolute atomic E-state index is 0.0112. The third kappa shape index (κ3) is 5.52. The van der Waals surface area contributed by atoms with Gasteiger partial charge >= 0.3 is 6.18 Å². The van der Waals surface area contributed by atoms with Gasteiger partial charge in [-0.3, -0.25) is 4.79 Å². The predicted molar refractivity (Wildman–Crippen MR) is 140 cm³/mol. The summed E-state index contributed by atoms with van der Waals surface area (Å²) in [5.74, 6) is -0.326. The van der Waals surface area contributed by atoms with E-state index < -0.39 is 11.7 Å². The summed E-state index contributed by atoms with van der Waals surface area (Å²) < 4.78 is 40.9.